The fourth-order valence-corrected chi connectivity index (χ4v) is 2.68. The third kappa shape index (κ3) is 2.68. The number of amides is 3. The van der Waals surface area contributed by atoms with Crippen LogP contribution in [-0.4, -0.2) is 44.5 Å². The first-order chi connectivity index (χ1) is 11.1. The van der Waals surface area contributed by atoms with Crippen LogP contribution in [-0.2, 0) is 11.3 Å². The topological polar surface area (TPSA) is 79.5 Å². The number of rotatable bonds is 4. The van der Waals surface area contributed by atoms with Gasteiger partial charge in [0.2, 0.25) is 11.7 Å². The molecule has 0 atom stereocenters. The summed E-state index contributed by atoms with van der Waals surface area (Å²) < 4.78 is 5.16. The normalized spacial score (nSPS) is 18.1. The van der Waals surface area contributed by atoms with E-state index in [1.807, 2.05) is 0 Å². The van der Waals surface area contributed by atoms with E-state index in [9.17, 15) is 9.59 Å². The Morgan fingerprint density at radius 1 is 1.22 bits per heavy atom. The first-order valence-electron chi connectivity index (χ1n) is 7.31. The van der Waals surface area contributed by atoms with Gasteiger partial charge in [-0.25, -0.2) is 4.79 Å². The summed E-state index contributed by atoms with van der Waals surface area (Å²) in [5, 5.41) is 4.50. The lowest BCUT2D eigenvalue weighted by Crippen LogP contribution is -2.33. The van der Waals surface area contributed by atoms with E-state index < -0.39 is 0 Å². The quantitative estimate of drug-likeness (QED) is 0.803. The molecule has 23 heavy (non-hydrogen) atoms. The van der Waals surface area contributed by atoms with Gasteiger partial charge in [0.15, 0.2) is 0 Å². The highest BCUT2D eigenvalue weighted by Crippen LogP contribution is 2.30. The fourth-order valence-electron chi connectivity index (χ4n) is 2.56. The molecule has 0 spiro atoms. The van der Waals surface area contributed by atoms with Gasteiger partial charge >= 0.3 is 6.03 Å². The van der Waals surface area contributed by atoms with Gasteiger partial charge in [0, 0.05) is 16.6 Å². The molecule has 0 unspecified atom stereocenters. The Morgan fingerprint density at radius 2 is 1.96 bits per heavy atom. The lowest BCUT2D eigenvalue weighted by atomic mass is 10.2. The molecule has 1 saturated carbocycles. The highest BCUT2D eigenvalue weighted by Gasteiger charge is 2.44. The van der Waals surface area contributed by atoms with Crippen LogP contribution in [0.2, 0.25) is 5.02 Å². The molecule has 8 heteroatoms. The predicted molar refractivity (Wildman–Crippen MR) is 80.4 cm³/mol. The molecule has 2 aliphatic rings. The number of benzene rings is 1. The number of nitrogens with zero attached hydrogens (tertiary/aromatic N) is 4. The molecule has 2 heterocycles. The van der Waals surface area contributed by atoms with Gasteiger partial charge in [-0.05, 0) is 37.1 Å². The van der Waals surface area contributed by atoms with Crippen LogP contribution in [0.15, 0.2) is 28.8 Å². The first kappa shape index (κ1) is 14.2. The van der Waals surface area contributed by atoms with Crippen molar-refractivity contribution in [2.24, 2.45) is 0 Å². The van der Waals surface area contributed by atoms with Crippen molar-refractivity contribution in [3.05, 3.63) is 35.2 Å². The van der Waals surface area contributed by atoms with Gasteiger partial charge in [-0.3, -0.25) is 9.69 Å². The van der Waals surface area contributed by atoms with E-state index in [1.165, 1.54) is 0 Å². The van der Waals surface area contributed by atoms with Crippen LogP contribution in [0.5, 0.6) is 0 Å². The largest absolute Gasteiger partial charge is 0.337 e. The maximum absolute atomic E-state index is 12.2. The van der Waals surface area contributed by atoms with Gasteiger partial charge < -0.3 is 9.42 Å². The molecule has 1 aromatic carbocycles. The van der Waals surface area contributed by atoms with E-state index in [4.69, 9.17) is 16.1 Å². The summed E-state index contributed by atoms with van der Waals surface area (Å²) in [5.74, 6) is 0.400. The number of hydrogen-bond acceptors (Lipinski definition) is 5. The SMILES string of the molecule is O=C1CN(C2CC2)C(=O)N1Cc1nc(-c2ccc(Cl)cc2)no1. The summed E-state index contributed by atoms with van der Waals surface area (Å²) in [6.07, 6.45) is 1.93. The van der Waals surface area contributed by atoms with Crippen molar-refractivity contribution >= 4 is 23.5 Å². The van der Waals surface area contributed by atoms with Crippen LogP contribution in [0, 0.1) is 0 Å². The van der Waals surface area contributed by atoms with E-state index in [0.29, 0.717) is 10.8 Å². The zero-order chi connectivity index (χ0) is 16.0. The highest BCUT2D eigenvalue weighted by atomic mass is 35.5. The Hall–Kier alpha value is -2.41. The number of carbonyl (C=O) groups is 2. The summed E-state index contributed by atoms with van der Waals surface area (Å²) in [5.41, 5.74) is 0.753. The van der Waals surface area contributed by atoms with Crippen molar-refractivity contribution in [3.8, 4) is 11.4 Å². The van der Waals surface area contributed by atoms with Crippen LogP contribution >= 0.6 is 11.6 Å². The molecule has 0 radical (unpaired) electrons. The van der Waals surface area contributed by atoms with Crippen molar-refractivity contribution in [2.45, 2.75) is 25.4 Å². The molecule has 1 aliphatic heterocycles. The van der Waals surface area contributed by atoms with Gasteiger partial charge in [0.05, 0.1) is 0 Å². The van der Waals surface area contributed by atoms with E-state index >= 15 is 0 Å². The number of halogens is 1. The van der Waals surface area contributed by atoms with Crippen molar-refractivity contribution < 1.29 is 14.1 Å². The second-order valence-corrected chi connectivity index (χ2v) is 6.08. The first-order valence-corrected chi connectivity index (χ1v) is 7.69. The molecular weight excluding hydrogens is 320 g/mol. The lowest BCUT2D eigenvalue weighted by Gasteiger charge is -2.14. The molecule has 1 aliphatic carbocycles. The lowest BCUT2D eigenvalue weighted by molar-refractivity contribution is -0.126. The smallest absolute Gasteiger partial charge is 0.327 e. The van der Waals surface area contributed by atoms with E-state index in [-0.39, 0.29) is 37.0 Å². The Balaban J connectivity index is 1.50. The Bertz CT molecular complexity index is 769. The molecule has 4 rings (SSSR count). The minimum Gasteiger partial charge on any atom is -0.337 e. The van der Waals surface area contributed by atoms with Crippen LogP contribution < -0.4 is 0 Å². The summed E-state index contributed by atoms with van der Waals surface area (Å²) in [4.78, 5) is 31.3. The summed E-state index contributed by atoms with van der Waals surface area (Å²) >= 11 is 5.84. The Morgan fingerprint density at radius 3 is 2.65 bits per heavy atom. The third-order valence-corrected chi connectivity index (χ3v) is 4.19. The van der Waals surface area contributed by atoms with Crippen LogP contribution in [0.4, 0.5) is 4.79 Å². The van der Waals surface area contributed by atoms with E-state index in [0.717, 1.165) is 23.3 Å². The molecule has 3 amide bonds. The molecule has 1 aromatic heterocycles. The number of aromatic nitrogens is 2. The Labute approximate surface area is 136 Å². The van der Waals surface area contributed by atoms with Crippen molar-refractivity contribution in [1.29, 1.82) is 0 Å². The van der Waals surface area contributed by atoms with Gasteiger partial charge in [0.25, 0.3) is 5.91 Å². The Kier molecular flexibility index (Phi) is 3.30. The molecule has 1 saturated heterocycles. The van der Waals surface area contributed by atoms with Crippen LogP contribution in [0.25, 0.3) is 11.4 Å². The minimum atomic E-state index is -0.274. The van der Waals surface area contributed by atoms with Gasteiger partial charge in [-0.2, -0.15) is 4.98 Å². The van der Waals surface area contributed by atoms with Crippen LogP contribution in [0.3, 0.4) is 0 Å². The molecular formula is C15H13ClN4O3. The molecule has 0 bridgehead atoms. The van der Waals surface area contributed by atoms with Crippen LogP contribution in [0.1, 0.15) is 18.7 Å². The van der Waals surface area contributed by atoms with E-state index in [1.54, 1.807) is 29.2 Å². The van der Waals surface area contributed by atoms with Gasteiger partial charge in [0.1, 0.15) is 13.1 Å². The standard InChI is InChI=1S/C15H13ClN4O3/c16-10-3-1-9(2-4-10)14-17-12(23-18-14)7-20-13(21)8-19(15(20)22)11-5-6-11/h1-4,11H,5-8H2. The minimum absolute atomic E-state index is 0.00146. The predicted octanol–water partition coefficient (Wildman–Crippen LogP) is 2.32. The van der Waals surface area contributed by atoms with Gasteiger partial charge in [-0.15, -0.1) is 0 Å². The second-order valence-electron chi connectivity index (χ2n) is 5.64. The zero-order valence-corrected chi connectivity index (χ0v) is 12.9. The van der Waals surface area contributed by atoms with Crippen molar-refractivity contribution in [1.82, 2.24) is 19.9 Å². The molecule has 2 fully saturated rings. The average Bonchev–Trinajstić information content (AvgIpc) is 3.22. The number of imide groups is 1. The van der Waals surface area contributed by atoms with E-state index in [2.05, 4.69) is 10.1 Å². The molecule has 7 nitrogen and oxygen atoms in total. The monoisotopic (exact) mass is 332 g/mol. The summed E-state index contributed by atoms with van der Waals surface area (Å²) in [6, 6.07) is 6.95. The van der Waals surface area contributed by atoms with Gasteiger partial charge in [-0.1, -0.05) is 16.8 Å². The van der Waals surface area contributed by atoms with Crippen molar-refractivity contribution in [3.63, 3.8) is 0 Å². The molecule has 2 aromatic rings. The maximum atomic E-state index is 12.2. The summed E-state index contributed by atoms with van der Waals surface area (Å²) in [6.45, 7) is 0.142. The second kappa shape index (κ2) is 5.34. The average molecular weight is 333 g/mol. The molecule has 0 N–H and O–H groups in total. The fraction of sp³-hybridized carbons (Fsp3) is 0.333. The maximum Gasteiger partial charge on any atom is 0.327 e. The number of carbonyl (C=O) groups excluding carboxylic acids is 2. The number of urea groups is 1. The zero-order valence-electron chi connectivity index (χ0n) is 12.1. The molecule has 118 valence electrons. The van der Waals surface area contributed by atoms with Crippen molar-refractivity contribution in [2.75, 3.05) is 6.54 Å². The highest BCUT2D eigenvalue weighted by molar-refractivity contribution is 6.30. The number of hydrogen-bond donors (Lipinski definition) is 0. The summed E-state index contributed by atoms with van der Waals surface area (Å²) in [7, 11) is 0. The third-order valence-electron chi connectivity index (χ3n) is 3.93.